The first kappa shape index (κ1) is 20.0. The number of hydrogen-bond acceptors (Lipinski definition) is 4. The Morgan fingerprint density at radius 2 is 1.93 bits per heavy atom. The maximum Gasteiger partial charge on any atom is 0.410 e. The van der Waals surface area contributed by atoms with Crippen molar-refractivity contribution < 1.29 is 21.6 Å². The summed E-state index contributed by atoms with van der Waals surface area (Å²) in [5.41, 5.74) is 0.397. The van der Waals surface area contributed by atoms with Crippen LogP contribution in [0.4, 0.5) is 19.0 Å². The van der Waals surface area contributed by atoms with Crippen molar-refractivity contribution in [2.75, 3.05) is 25.0 Å². The van der Waals surface area contributed by atoms with Crippen LogP contribution in [-0.4, -0.2) is 58.7 Å². The molecule has 3 unspecified atom stereocenters. The summed E-state index contributed by atoms with van der Waals surface area (Å²) in [5.74, 6) is 0.320. The van der Waals surface area contributed by atoms with Crippen LogP contribution in [0, 0.1) is 0 Å². The van der Waals surface area contributed by atoms with Gasteiger partial charge in [-0.3, -0.25) is 0 Å². The zero-order valence-electron chi connectivity index (χ0n) is 15.8. The van der Waals surface area contributed by atoms with E-state index >= 15 is 0 Å². The molecule has 2 fully saturated rings. The Morgan fingerprint density at radius 1 is 1.21 bits per heavy atom. The van der Waals surface area contributed by atoms with Crippen LogP contribution in [-0.2, 0) is 10.2 Å². The molecule has 1 aromatic heterocycles. The second-order valence-corrected chi connectivity index (χ2v) is 9.71. The van der Waals surface area contributed by atoms with Crippen LogP contribution in [0.2, 0.25) is 0 Å². The molecule has 0 amide bonds. The van der Waals surface area contributed by atoms with Crippen molar-refractivity contribution in [1.29, 1.82) is 0 Å². The lowest BCUT2D eigenvalue weighted by Gasteiger charge is -2.32. The number of nitrogens with one attached hydrogen (secondary N) is 1. The summed E-state index contributed by atoms with van der Waals surface area (Å²) in [5, 5.41) is 7.37. The molecule has 0 aliphatic carbocycles. The number of hydrogen-bond donors (Lipinski definition) is 1. The second-order valence-electron chi connectivity index (χ2n) is 7.82. The first-order valence-corrected chi connectivity index (χ1v) is 11.3. The molecule has 3 atom stereocenters. The zero-order valence-corrected chi connectivity index (χ0v) is 16.6. The van der Waals surface area contributed by atoms with Crippen LogP contribution in [0.15, 0.2) is 6.07 Å². The molecule has 3 aliphatic heterocycles. The molecule has 7 nitrogen and oxygen atoms in total. The molecule has 0 bridgehead atoms. The molecular formula is C17H26F3N5O2S. The lowest BCUT2D eigenvalue weighted by Crippen LogP contribution is -2.42. The van der Waals surface area contributed by atoms with E-state index in [0.29, 0.717) is 50.4 Å². The highest BCUT2D eigenvalue weighted by molar-refractivity contribution is 7.86. The molecular weight excluding hydrogens is 395 g/mol. The SMILES string of the molecule is CCC1CC(C(F)(F)F)n2nc(C3CCCN3S(=O)(=O)N3CCCC3)cc2N1. The molecule has 0 aromatic carbocycles. The highest BCUT2D eigenvalue weighted by Gasteiger charge is 2.47. The van der Waals surface area contributed by atoms with Gasteiger partial charge in [0.25, 0.3) is 10.2 Å². The normalized spacial score (nSPS) is 29.8. The molecule has 0 radical (unpaired) electrons. The number of anilines is 1. The van der Waals surface area contributed by atoms with E-state index in [0.717, 1.165) is 17.5 Å². The van der Waals surface area contributed by atoms with E-state index in [1.807, 2.05) is 6.92 Å². The van der Waals surface area contributed by atoms with E-state index in [9.17, 15) is 21.6 Å². The lowest BCUT2D eigenvalue weighted by atomic mass is 10.0. The van der Waals surface area contributed by atoms with Gasteiger partial charge in [0, 0.05) is 31.7 Å². The number of alkyl halides is 3. The minimum absolute atomic E-state index is 0.0748. The standard InChI is InChI=1S/C17H26F3N5O2S/c1-2-12-10-15(17(18,19)20)25-16(21-12)11-13(22-25)14-6-5-9-24(14)28(26,27)23-7-3-4-8-23/h11-12,14-15,21H,2-10H2,1H3. The molecule has 158 valence electrons. The summed E-state index contributed by atoms with van der Waals surface area (Å²) in [7, 11) is -3.62. The van der Waals surface area contributed by atoms with Gasteiger partial charge < -0.3 is 5.32 Å². The first-order valence-electron chi connectivity index (χ1n) is 9.91. The van der Waals surface area contributed by atoms with E-state index < -0.39 is 28.5 Å². The Kier molecular flexibility index (Phi) is 5.11. The minimum Gasteiger partial charge on any atom is -0.367 e. The third-order valence-electron chi connectivity index (χ3n) is 6.01. The first-order chi connectivity index (χ1) is 13.2. The van der Waals surface area contributed by atoms with Gasteiger partial charge in [-0.2, -0.15) is 35.3 Å². The highest BCUT2D eigenvalue weighted by atomic mass is 32.2. The van der Waals surface area contributed by atoms with Crippen LogP contribution >= 0.6 is 0 Å². The average molecular weight is 421 g/mol. The number of aromatic nitrogens is 2. The van der Waals surface area contributed by atoms with Gasteiger partial charge in [-0.25, -0.2) is 4.68 Å². The van der Waals surface area contributed by atoms with Crippen molar-refractivity contribution in [2.24, 2.45) is 0 Å². The van der Waals surface area contributed by atoms with Gasteiger partial charge in [0.15, 0.2) is 6.04 Å². The zero-order chi connectivity index (χ0) is 20.1. The van der Waals surface area contributed by atoms with Crippen LogP contribution in [0.1, 0.15) is 63.2 Å². The summed E-state index contributed by atoms with van der Waals surface area (Å²) >= 11 is 0. The molecule has 2 saturated heterocycles. The smallest absolute Gasteiger partial charge is 0.367 e. The molecule has 11 heteroatoms. The second kappa shape index (κ2) is 7.17. The lowest BCUT2D eigenvalue weighted by molar-refractivity contribution is -0.173. The molecule has 4 heterocycles. The van der Waals surface area contributed by atoms with Gasteiger partial charge in [0.2, 0.25) is 0 Å². The van der Waals surface area contributed by atoms with E-state index in [2.05, 4.69) is 10.4 Å². The fourth-order valence-corrected chi connectivity index (χ4v) is 6.39. The predicted octanol–water partition coefficient (Wildman–Crippen LogP) is 3.06. The Labute approximate surface area is 163 Å². The monoisotopic (exact) mass is 421 g/mol. The van der Waals surface area contributed by atoms with E-state index in [-0.39, 0.29) is 12.5 Å². The van der Waals surface area contributed by atoms with Crippen LogP contribution < -0.4 is 5.32 Å². The van der Waals surface area contributed by atoms with E-state index in [1.165, 1.54) is 8.61 Å². The third kappa shape index (κ3) is 3.41. The molecule has 0 spiro atoms. The van der Waals surface area contributed by atoms with Crippen LogP contribution in [0.3, 0.4) is 0 Å². The summed E-state index contributed by atoms with van der Waals surface area (Å²) in [6, 6.07) is -0.882. The van der Waals surface area contributed by atoms with E-state index in [4.69, 9.17) is 0 Å². The Bertz CT molecular complexity index is 819. The summed E-state index contributed by atoms with van der Waals surface area (Å²) in [6.45, 7) is 3.22. The fraction of sp³-hybridized carbons (Fsp3) is 0.824. The number of halogens is 3. The van der Waals surface area contributed by atoms with Gasteiger partial charge in [-0.05, 0) is 38.5 Å². The molecule has 1 N–H and O–H groups in total. The summed E-state index contributed by atoms with van der Waals surface area (Å²) in [6.07, 6.45) is -0.978. The van der Waals surface area contributed by atoms with Gasteiger partial charge >= 0.3 is 6.18 Å². The average Bonchev–Trinajstić information content (AvgIpc) is 3.39. The maximum atomic E-state index is 13.6. The molecule has 0 saturated carbocycles. The van der Waals surface area contributed by atoms with Gasteiger partial charge in [-0.1, -0.05) is 6.92 Å². The summed E-state index contributed by atoms with van der Waals surface area (Å²) in [4.78, 5) is 0. The molecule has 3 aliphatic rings. The maximum absolute atomic E-state index is 13.6. The van der Waals surface area contributed by atoms with Gasteiger partial charge in [0.05, 0.1) is 11.7 Å². The van der Waals surface area contributed by atoms with Crippen LogP contribution in [0.25, 0.3) is 0 Å². The topological polar surface area (TPSA) is 70.5 Å². The van der Waals surface area contributed by atoms with Crippen molar-refractivity contribution in [2.45, 2.75) is 69.8 Å². The van der Waals surface area contributed by atoms with Crippen molar-refractivity contribution in [1.82, 2.24) is 18.4 Å². The quantitative estimate of drug-likeness (QED) is 0.811. The third-order valence-corrected chi connectivity index (χ3v) is 8.06. The van der Waals surface area contributed by atoms with Crippen molar-refractivity contribution in [3.63, 3.8) is 0 Å². The number of rotatable bonds is 4. The fourth-order valence-electron chi connectivity index (χ4n) is 4.48. The molecule has 4 rings (SSSR count). The molecule has 1 aromatic rings. The van der Waals surface area contributed by atoms with Crippen molar-refractivity contribution >= 4 is 16.0 Å². The van der Waals surface area contributed by atoms with Crippen molar-refractivity contribution in [3.05, 3.63) is 11.8 Å². The predicted molar refractivity (Wildman–Crippen MR) is 98.0 cm³/mol. The summed E-state index contributed by atoms with van der Waals surface area (Å²) < 4.78 is 70.7. The van der Waals surface area contributed by atoms with Gasteiger partial charge in [0.1, 0.15) is 5.82 Å². The highest BCUT2D eigenvalue weighted by Crippen LogP contribution is 2.42. The van der Waals surface area contributed by atoms with E-state index in [1.54, 1.807) is 6.07 Å². The Morgan fingerprint density at radius 3 is 2.57 bits per heavy atom. The number of fused-ring (bicyclic) bond motifs is 1. The van der Waals surface area contributed by atoms with Crippen LogP contribution in [0.5, 0.6) is 0 Å². The largest absolute Gasteiger partial charge is 0.410 e. The van der Waals surface area contributed by atoms with Gasteiger partial charge in [-0.15, -0.1) is 0 Å². The Hall–Kier alpha value is -1.33. The van der Waals surface area contributed by atoms with Crippen molar-refractivity contribution in [3.8, 4) is 0 Å². The molecule has 28 heavy (non-hydrogen) atoms. The number of nitrogens with zero attached hydrogens (tertiary/aromatic N) is 4. The minimum atomic E-state index is -4.40. The Balaban J connectivity index is 1.66.